The molecule has 8 heteroatoms. The molecule has 0 aliphatic rings. The monoisotopic (exact) mass is 381 g/mol. The number of ether oxygens (including phenoxy) is 2. The van der Waals surface area contributed by atoms with Crippen LogP contribution in [0.4, 0.5) is 5.69 Å². The molecule has 0 aliphatic carbocycles. The fourth-order valence-electron chi connectivity index (χ4n) is 3.05. The van der Waals surface area contributed by atoms with Gasteiger partial charge in [-0.05, 0) is 55.7 Å². The van der Waals surface area contributed by atoms with Crippen LogP contribution in [0.15, 0.2) is 36.4 Å². The van der Waals surface area contributed by atoms with E-state index in [2.05, 4.69) is 25.9 Å². The van der Waals surface area contributed by atoms with Gasteiger partial charge in [-0.3, -0.25) is 4.79 Å². The number of hydrogen-bond donors (Lipinski definition) is 2. The third-order valence-corrected chi connectivity index (χ3v) is 4.54. The molecular weight excluding hydrogens is 358 g/mol. The van der Waals surface area contributed by atoms with E-state index >= 15 is 0 Å². The van der Waals surface area contributed by atoms with Crippen molar-refractivity contribution in [3.8, 4) is 11.5 Å². The summed E-state index contributed by atoms with van der Waals surface area (Å²) < 4.78 is 10.7. The average molecular weight is 381 g/mol. The minimum Gasteiger partial charge on any atom is -0.497 e. The van der Waals surface area contributed by atoms with E-state index in [1.165, 1.54) is 0 Å². The van der Waals surface area contributed by atoms with Gasteiger partial charge in [0.25, 0.3) is 0 Å². The smallest absolute Gasteiger partial charge is 0.235 e. The Balaban J connectivity index is 1.91. The van der Waals surface area contributed by atoms with Crippen LogP contribution in [-0.2, 0) is 11.2 Å². The number of nitrogens with one attached hydrogen (secondary N) is 2. The molecule has 0 saturated carbocycles. The molecule has 8 nitrogen and oxygen atoms in total. The van der Waals surface area contributed by atoms with Gasteiger partial charge < -0.3 is 14.8 Å². The maximum atomic E-state index is 13.1. The number of aromatic nitrogens is 4. The zero-order chi connectivity index (χ0) is 20.1. The van der Waals surface area contributed by atoms with Crippen molar-refractivity contribution in [3.63, 3.8) is 0 Å². The number of carbonyl (C=O) groups is 1. The van der Waals surface area contributed by atoms with E-state index in [1.807, 2.05) is 44.2 Å². The van der Waals surface area contributed by atoms with Crippen molar-refractivity contribution in [2.24, 2.45) is 0 Å². The summed E-state index contributed by atoms with van der Waals surface area (Å²) in [5, 5.41) is 17.1. The van der Waals surface area contributed by atoms with Crippen LogP contribution in [0.25, 0.3) is 0 Å². The van der Waals surface area contributed by atoms with Crippen molar-refractivity contribution in [1.82, 2.24) is 20.6 Å². The van der Waals surface area contributed by atoms with Crippen LogP contribution < -0.4 is 14.8 Å². The molecule has 0 unspecified atom stereocenters. The number of benzene rings is 2. The van der Waals surface area contributed by atoms with Gasteiger partial charge in [0.2, 0.25) is 5.91 Å². The van der Waals surface area contributed by atoms with Gasteiger partial charge in [0.1, 0.15) is 17.4 Å². The zero-order valence-corrected chi connectivity index (χ0v) is 16.3. The fraction of sp³-hybridized carbons (Fsp3) is 0.300. The molecule has 0 saturated heterocycles. The Morgan fingerprint density at radius 1 is 1.14 bits per heavy atom. The van der Waals surface area contributed by atoms with Gasteiger partial charge in [-0.15, -0.1) is 10.2 Å². The summed E-state index contributed by atoms with van der Waals surface area (Å²) in [7, 11) is 3.18. The summed E-state index contributed by atoms with van der Waals surface area (Å²) in [4.78, 5) is 13.1. The van der Waals surface area contributed by atoms with E-state index in [0.717, 1.165) is 22.4 Å². The van der Waals surface area contributed by atoms with E-state index in [9.17, 15) is 4.79 Å². The molecule has 3 rings (SSSR count). The lowest BCUT2D eigenvalue weighted by molar-refractivity contribution is -0.117. The predicted octanol–water partition coefficient (Wildman–Crippen LogP) is 2.80. The van der Waals surface area contributed by atoms with Gasteiger partial charge in [-0.1, -0.05) is 22.9 Å². The second-order valence-corrected chi connectivity index (χ2v) is 6.51. The van der Waals surface area contributed by atoms with Crippen LogP contribution in [0, 0.1) is 13.8 Å². The lowest BCUT2D eigenvalue weighted by Crippen LogP contribution is -2.24. The SMILES string of the molecule is COc1ccc(OC)c(C[C@H](C(=O)Nc2ccc(C)cc2C)c2nn[nH]n2)c1. The Kier molecular flexibility index (Phi) is 5.88. The number of methoxy groups -OCH3 is 2. The molecule has 0 spiro atoms. The van der Waals surface area contributed by atoms with Gasteiger partial charge in [0.05, 0.1) is 14.2 Å². The molecular formula is C20H23N5O3. The van der Waals surface area contributed by atoms with Crippen LogP contribution in [0.3, 0.4) is 0 Å². The first-order valence-corrected chi connectivity index (χ1v) is 8.84. The van der Waals surface area contributed by atoms with E-state index in [0.29, 0.717) is 23.7 Å². The van der Waals surface area contributed by atoms with Gasteiger partial charge in [-0.25, -0.2) is 0 Å². The summed E-state index contributed by atoms with van der Waals surface area (Å²) in [5.74, 6) is 0.775. The van der Waals surface area contributed by atoms with E-state index in [1.54, 1.807) is 20.3 Å². The van der Waals surface area contributed by atoms with Gasteiger partial charge in [0.15, 0.2) is 5.82 Å². The number of hydrogen-bond acceptors (Lipinski definition) is 6. The first-order chi connectivity index (χ1) is 13.5. The minimum atomic E-state index is -0.652. The van der Waals surface area contributed by atoms with Crippen LogP contribution in [0.5, 0.6) is 11.5 Å². The highest BCUT2D eigenvalue weighted by atomic mass is 16.5. The summed E-state index contributed by atoms with van der Waals surface area (Å²) in [6, 6.07) is 11.3. The fourth-order valence-corrected chi connectivity index (χ4v) is 3.05. The van der Waals surface area contributed by atoms with Gasteiger partial charge in [0, 0.05) is 5.69 Å². The zero-order valence-electron chi connectivity index (χ0n) is 16.3. The predicted molar refractivity (Wildman–Crippen MR) is 105 cm³/mol. The number of rotatable bonds is 7. The summed E-state index contributed by atoms with van der Waals surface area (Å²) >= 11 is 0. The van der Waals surface area contributed by atoms with E-state index in [4.69, 9.17) is 9.47 Å². The largest absolute Gasteiger partial charge is 0.497 e. The molecule has 3 aromatic rings. The Bertz CT molecular complexity index is 956. The Labute approximate surface area is 163 Å². The lowest BCUT2D eigenvalue weighted by atomic mass is 9.96. The Morgan fingerprint density at radius 2 is 1.96 bits per heavy atom. The number of aromatic amines is 1. The highest BCUT2D eigenvalue weighted by Gasteiger charge is 2.27. The standard InChI is InChI=1S/C20H23N5O3/c1-12-5-7-17(13(2)9-12)21-20(26)16(19-22-24-25-23-19)11-14-10-15(27-3)6-8-18(14)28-4/h5-10,16H,11H2,1-4H3,(H,21,26)(H,22,23,24,25)/t16-/m0/s1. The first-order valence-electron chi connectivity index (χ1n) is 8.84. The number of anilines is 1. The molecule has 1 heterocycles. The third-order valence-electron chi connectivity index (χ3n) is 4.54. The number of carbonyl (C=O) groups excluding carboxylic acids is 1. The molecule has 2 N–H and O–H groups in total. The van der Waals surface area contributed by atoms with Crippen molar-refractivity contribution in [2.75, 3.05) is 19.5 Å². The Hall–Kier alpha value is -3.42. The average Bonchev–Trinajstić information content (AvgIpc) is 3.22. The van der Waals surface area contributed by atoms with E-state index in [-0.39, 0.29) is 5.91 Å². The summed E-state index contributed by atoms with van der Waals surface area (Å²) in [5.41, 5.74) is 3.68. The number of nitrogens with zero attached hydrogens (tertiary/aromatic N) is 3. The molecule has 0 radical (unpaired) electrons. The second-order valence-electron chi connectivity index (χ2n) is 6.51. The summed E-state index contributed by atoms with van der Waals surface area (Å²) in [6.45, 7) is 3.97. The molecule has 0 aliphatic heterocycles. The summed E-state index contributed by atoms with van der Waals surface area (Å²) in [6.07, 6.45) is 0.330. The van der Waals surface area contributed by atoms with E-state index < -0.39 is 5.92 Å². The highest BCUT2D eigenvalue weighted by molar-refractivity contribution is 5.96. The molecule has 0 fully saturated rings. The van der Waals surface area contributed by atoms with Crippen molar-refractivity contribution < 1.29 is 14.3 Å². The molecule has 1 atom stereocenters. The quantitative estimate of drug-likeness (QED) is 0.652. The molecule has 1 aromatic heterocycles. The molecule has 1 amide bonds. The maximum Gasteiger partial charge on any atom is 0.235 e. The van der Waals surface area contributed by atoms with Gasteiger partial charge in [-0.2, -0.15) is 5.21 Å². The molecule has 0 bridgehead atoms. The van der Waals surface area contributed by atoms with Gasteiger partial charge >= 0.3 is 0 Å². The van der Waals surface area contributed by atoms with Crippen LogP contribution in [-0.4, -0.2) is 40.8 Å². The van der Waals surface area contributed by atoms with Crippen molar-refractivity contribution in [1.29, 1.82) is 0 Å². The maximum absolute atomic E-state index is 13.1. The highest BCUT2D eigenvalue weighted by Crippen LogP contribution is 2.29. The van der Waals surface area contributed by atoms with Crippen molar-refractivity contribution in [3.05, 3.63) is 58.9 Å². The molecule has 28 heavy (non-hydrogen) atoms. The number of amides is 1. The topological polar surface area (TPSA) is 102 Å². The van der Waals surface area contributed by atoms with Crippen molar-refractivity contribution in [2.45, 2.75) is 26.2 Å². The van der Waals surface area contributed by atoms with Crippen molar-refractivity contribution >= 4 is 11.6 Å². The molecule has 2 aromatic carbocycles. The lowest BCUT2D eigenvalue weighted by Gasteiger charge is -2.17. The first kappa shape index (κ1) is 19.3. The van der Waals surface area contributed by atoms with Crippen LogP contribution in [0.1, 0.15) is 28.4 Å². The molecule has 146 valence electrons. The normalized spacial score (nSPS) is 11.7. The minimum absolute atomic E-state index is 0.224. The second kappa shape index (κ2) is 8.51. The Morgan fingerprint density at radius 3 is 2.61 bits per heavy atom. The third kappa shape index (κ3) is 4.28. The number of tetrazole rings is 1. The van der Waals surface area contributed by atoms with Crippen LogP contribution in [0.2, 0.25) is 0 Å². The van der Waals surface area contributed by atoms with Crippen LogP contribution >= 0.6 is 0 Å². The number of aryl methyl sites for hydroxylation is 2. The number of H-pyrrole nitrogens is 1.